The Kier molecular flexibility index (Phi) is 5.54. The molecule has 7 heteroatoms. The van der Waals surface area contributed by atoms with Crippen LogP contribution >= 0.6 is 0 Å². The molecular weight excluding hydrogens is 328 g/mol. The van der Waals surface area contributed by atoms with Crippen LogP contribution in [0.2, 0.25) is 0 Å². The molecule has 6 nitrogen and oxygen atoms in total. The standard InChI is InChI=1S/C17H26N2O4S/c1-2-24(20,21)19-9-6-17(7-10-19)11-16(23-14-17)13-22-12-15-5-3-4-8-18-15/h3-5,8,16H,2,6-7,9-14H2,1H3. The van der Waals surface area contributed by atoms with Crippen molar-refractivity contribution in [3.63, 3.8) is 0 Å². The maximum atomic E-state index is 12.0. The SMILES string of the molecule is CCS(=O)(=O)N1CCC2(CC1)COC(COCc1ccccn1)C2. The predicted octanol–water partition coefficient (Wildman–Crippen LogP) is 1.82. The fourth-order valence-corrected chi connectivity index (χ4v) is 4.65. The maximum Gasteiger partial charge on any atom is 0.213 e. The van der Waals surface area contributed by atoms with Crippen molar-refractivity contribution in [3.8, 4) is 0 Å². The van der Waals surface area contributed by atoms with Crippen LogP contribution in [0.3, 0.4) is 0 Å². The summed E-state index contributed by atoms with van der Waals surface area (Å²) in [6.07, 6.45) is 4.57. The van der Waals surface area contributed by atoms with Crippen LogP contribution < -0.4 is 0 Å². The van der Waals surface area contributed by atoms with E-state index in [0.717, 1.165) is 25.0 Å². The number of aromatic nitrogens is 1. The lowest BCUT2D eigenvalue weighted by molar-refractivity contribution is 0.00650. The van der Waals surface area contributed by atoms with Crippen LogP contribution in [0, 0.1) is 5.41 Å². The maximum absolute atomic E-state index is 12.0. The molecule has 2 aliphatic heterocycles. The molecule has 0 bridgehead atoms. The van der Waals surface area contributed by atoms with Gasteiger partial charge in [-0.1, -0.05) is 6.07 Å². The van der Waals surface area contributed by atoms with Crippen molar-refractivity contribution in [2.24, 2.45) is 5.41 Å². The van der Waals surface area contributed by atoms with E-state index in [1.165, 1.54) is 0 Å². The second-order valence-corrected chi connectivity index (χ2v) is 9.03. The van der Waals surface area contributed by atoms with Gasteiger partial charge in [-0.05, 0) is 43.7 Å². The molecule has 0 aliphatic carbocycles. The number of ether oxygens (including phenoxy) is 2. The van der Waals surface area contributed by atoms with Crippen LogP contribution in [0.1, 0.15) is 31.9 Å². The Hall–Kier alpha value is -1.02. The smallest absolute Gasteiger partial charge is 0.213 e. The van der Waals surface area contributed by atoms with Gasteiger partial charge in [0, 0.05) is 19.3 Å². The van der Waals surface area contributed by atoms with Crippen molar-refractivity contribution in [3.05, 3.63) is 30.1 Å². The van der Waals surface area contributed by atoms with Gasteiger partial charge in [-0.25, -0.2) is 12.7 Å². The van der Waals surface area contributed by atoms with E-state index in [1.54, 1.807) is 17.4 Å². The number of pyridine rings is 1. The molecular formula is C17H26N2O4S. The lowest BCUT2D eigenvalue weighted by Gasteiger charge is -2.37. The molecule has 2 fully saturated rings. The first kappa shape index (κ1) is 17.8. The van der Waals surface area contributed by atoms with Crippen molar-refractivity contribution in [2.45, 2.75) is 38.9 Å². The van der Waals surface area contributed by atoms with Crippen LogP contribution in [0.15, 0.2) is 24.4 Å². The zero-order valence-electron chi connectivity index (χ0n) is 14.2. The van der Waals surface area contributed by atoms with Crippen molar-refractivity contribution >= 4 is 10.0 Å². The highest BCUT2D eigenvalue weighted by Gasteiger charge is 2.43. The highest BCUT2D eigenvalue weighted by Crippen LogP contribution is 2.42. The Labute approximate surface area is 144 Å². The third-order valence-electron chi connectivity index (χ3n) is 5.11. The quantitative estimate of drug-likeness (QED) is 0.779. The summed E-state index contributed by atoms with van der Waals surface area (Å²) in [6, 6.07) is 5.78. The van der Waals surface area contributed by atoms with E-state index in [4.69, 9.17) is 9.47 Å². The first-order valence-electron chi connectivity index (χ1n) is 8.60. The number of sulfonamides is 1. The number of rotatable bonds is 6. The Balaban J connectivity index is 1.44. The van der Waals surface area contributed by atoms with Crippen LogP contribution in [0.25, 0.3) is 0 Å². The van der Waals surface area contributed by atoms with Crippen LogP contribution in [0.5, 0.6) is 0 Å². The Bertz CT molecular complexity index is 627. The van der Waals surface area contributed by atoms with Gasteiger partial charge in [-0.3, -0.25) is 4.98 Å². The average molecular weight is 354 g/mol. The van der Waals surface area contributed by atoms with Crippen molar-refractivity contribution in [2.75, 3.05) is 32.1 Å². The summed E-state index contributed by atoms with van der Waals surface area (Å²) >= 11 is 0. The summed E-state index contributed by atoms with van der Waals surface area (Å²) in [5.41, 5.74) is 1.04. The van der Waals surface area contributed by atoms with E-state index < -0.39 is 10.0 Å². The van der Waals surface area contributed by atoms with E-state index in [2.05, 4.69) is 4.98 Å². The first-order chi connectivity index (χ1) is 11.5. The van der Waals surface area contributed by atoms with E-state index in [1.807, 2.05) is 18.2 Å². The normalized spacial score (nSPS) is 24.5. The highest BCUT2D eigenvalue weighted by molar-refractivity contribution is 7.89. The topological polar surface area (TPSA) is 68.7 Å². The molecule has 2 aliphatic rings. The lowest BCUT2D eigenvalue weighted by Crippen LogP contribution is -2.44. The van der Waals surface area contributed by atoms with Crippen molar-refractivity contribution in [1.29, 1.82) is 0 Å². The summed E-state index contributed by atoms with van der Waals surface area (Å²) in [7, 11) is -3.06. The fourth-order valence-electron chi connectivity index (χ4n) is 3.55. The fraction of sp³-hybridized carbons (Fsp3) is 0.706. The third-order valence-corrected chi connectivity index (χ3v) is 6.99. The summed E-state index contributed by atoms with van der Waals surface area (Å²) < 4.78 is 37.2. The molecule has 0 N–H and O–H groups in total. The minimum absolute atomic E-state index is 0.100. The van der Waals surface area contributed by atoms with Crippen LogP contribution in [0.4, 0.5) is 0 Å². The number of nitrogens with zero attached hydrogens (tertiary/aromatic N) is 2. The minimum Gasteiger partial charge on any atom is -0.375 e. The van der Waals surface area contributed by atoms with Gasteiger partial charge in [0.05, 0.1) is 37.4 Å². The van der Waals surface area contributed by atoms with Crippen LogP contribution in [-0.2, 0) is 26.1 Å². The Morgan fingerprint density at radius 3 is 2.83 bits per heavy atom. The van der Waals surface area contributed by atoms with Gasteiger partial charge >= 0.3 is 0 Å². The molecule has 3 rings (SSSR count). The molecule has 2 saturated heterocycles. The van der Waals surface area contributed by atoms with Gasteiger partial charge in [-0.2, -0.15) is 0 Å². The average Bonchev–Trinajstić information content (AvgIpc) is 2.99. The van der Waals surface area contributed by atoms with Gasteiger partial charge < -0.3 is 9.47 Å². The molecule has 0 amide bonds. The van der Waals surface area contributed by atoms with E-state index in [9.17, 15) is 8.42 Å². The molecule has 0 aromatic carbocycles. The molecule has 1 atom stereocenters. The lowest BCUT2D eigenvalue weighted by atomic mass is 9.77. The van der Waals surface area contributed by atoms with Gasteiger partial charge in [0.15, 0.2) is 0 Å². The minimum atomic E-state index is -3.06. The molecule has 1 aromatic rings. The summed E-state index contributed by atoms with van der Waals surface area (Å²) in [6.45, 7) is 4.70. The van der Waals surface area contributed by atoms with Gasteiger partial charge in [0.1, 0.15) is 0 Å². The Morgan fingerprint density at radius 1 is 1.38 bits per heavy atom. The molecule has 1 spiro atoms. The summed E-state index contributed by atoms with van der Waals surface area (Å²) in [5, 5.41) is 0. The monoisotopic (exact) mass is 354 g/mol. The largest absolute Gasteiger partial charge is 0.375 e. The Morgan fingerprint density at radius 2 is 2.17 bits per heavy atom. The van der Waals surface area contributed by atoms with Crippen LogP contribution in [-0.4, -0.2) is 55.9 Å². The molecule has 1 unspecified atom stereocenters. The van der Waals surface area contributed by atoms with Crippen molar-refractivity contribution in [1.82, 2.24) is 9.29 Å². The molecule has 0 radical (unpaired) electrons. The highest BCUT2D eigenvalue weighted by atomic mass is 32.2. The summed E-state index contributed by atoms with van der Waals surface area (Å²) in [5.74, 6) is 0.181. The number of hydrogen-bond acceptors (Lipinski definition) is 5. The van der Waals surface area contributed by atoms with Gasteiger partial charge in [0.2, 0.25) is 10.0 Å². The molecule has 24 heavy (non-hydrogen) atoms. The van der Waals surface area contributed by atoms with Gasteiger partial charge in [-0.15, -0.1) is 0 Å². The van der Waals surface area contributed by atoms with Gasteiger partial charge in [0.25, 0.3) is 0 Å². The predicted molar refractivity (Wildman–Crippen MR) is 91.0 cm³/mol. The molecule has 1 aromatic heterocycles. The zero-order chi connectivity index (χ0) is 17.0. The molecule has 134 valence electrons. The second kappa shape index (κ2) is 7.47. The summed E-state index contributed by atoms with van der Waals surface area (Å²) in [4.78, 5) is 4.24. The second-order valence-electron chi connectivity index (χ2n) is 6.77. The number of piperidine rings is 1. The molecule has 0 saturated carbocycles. The number of hydrogen-bond donors (Lipinski definition) is 0. The van der Waals surface area contributed by atoms with E-state index in [-0.39, 0.29) is 17.3 Å². The van der Waals surface area contributed by atoms with E-state index >= 15 is 0 Å². The van der Waals surface area contributed by atoms with E-state index in [0.29, 0.717) is 32.9 Å². The molecule has 3 heterocycles. The van der Waals surface area contributed by atoms with Crippen molar-refractivity contribution < 1.29 is 17.9 Å². The first-order valence-corrected chi connectivity index (χ1v) is 10.2. The zero-order valence-corrected chi connectivity index (χ0v) is 15.0. The third kappa shape index (κ3) is 4.14.